The first kappa shape index (κ1) is 15.3. The van der Waals surface area contributed by atoms with Crippen LogP contribution in [-0.2, 0) is 4.79 Å². The lowest BCUT2D eigenvalue weighted by Gasteiger charge is -2.05. The lowest BCUT2D eigenvalue weighted by Crippen LogP contribution is -2.07. The molecule has 0 aromatic heterocycles. The van der Waals surface area contributed by atoms with Crippen LogP contribution >= 0.6 is 15.9 Å². The fourth-order valence-electron chi connectivity index (χ4n) is 1.75. The highest BCUT2D eigenvalue weighted by Gasteiger charge is 2.02. The van der Waals surface area contributed by atoms with E-state index in [9.17, 15) is 9.18 Å². The summed E-state index contributed by atoms with van der Waals surface area (Å²) >= 11 is 3.36. The molecule has 1 N–H and O–H groups in total. The van der Waals surface area contributed by atoms with Crippen molar-refractivity contribution in [3.63, 3.8) is 0 Å². The van der Waals surface area contributed by atoms with Crippen LogP contribution in [0.4, 0.5) is 10.1 Å². The molecule has 0 spiro atoms. The average Bonchev–Trinajstić information content (AvgIpc) is 2.45. The SMILES string of the molecule is COc1ccc(Br)cc1/C=C/C(=O)Nc1cccc(F)c1. The van der Waals surface area contributed by atoms with Crippen LogP contribution in [0.2, 0.25) is 0 Å². The van der Waals surface area contributed by atoms with Gasteiger partial charge >= 0.3 is 0 Å². The van der Waals surface area contributed by atoms with E-state index in [1.165, 1.54) is 24.3 Å². The highest BCUT2D eigenvalue weighted by atomic mass is 79.9. The summed E-state index contributed by atoms with van der Waals surface area (Å²) in [4.78, 5) is 11.8. The summed E-state index contributed by atoms with van der Waals surface area (Å²) in [7, 11) is 1.56. The third kappa shape index (κ3) is 4.43. The summed E-state index contributed by atoms with van der Waals surface area (Å²) in [6.45, 7) is 0. The van der Waals surface area contributed by atoms with Crippen molar-refractivity contribution in [3.8, 4) is 5.75 Å². The van der Waals surface area contributed by atoms with E-state index >= 15 is 0 Å². The maximum absolute atomic E-state index is 13.0. The minimum Gasteiger partial charge on any atom is -0.496 e. The van der Waals surface area contributed by atoms with E-state index in [4.69, 9.17) is 4.74 Å². The lowest BCUT2D eigenvalue weighted by molar-refractivity contribution is -0.111. The number of methoxy groups -OCH3 is 1. The summed E-state index contributed by atoms with van der Waals surface area (Å²) in [6.07, 6.45) is 3.01. The lowest BCUT2D eigenvalue weighted by atomic mass is 10.2. The van der Waals surface area contributed by atoms with Crippen LogP contribution in [0.15, 0.2) is 53.0 Å². The van der Waals surface area contributed by atoms with Crippen LogP contribution in [0.5, 0.6) is 5.75 Å². The van der Waals surface area contributed by atoms with Gasteiger partial charge in [-0.25, -0.2) is 4.39 Å². The maximum atomic E-state index is 13.0. The van der Waals surface area contributed by atoms with E-state index in [2.05, 4.69) is 21.2 Å². The molecular formula is C16H13BrFNO2. The zero-order chi connectivity index (χ0) is 15.2. The molecule has 0 aliphatic rings. The molecule has 0 radical (unpaired) electrons. The Morgan fingerprint density at radius 2 is 2.10 bits per heavy atom. The number of halogens is 2. The van der Waals surface area contributed by atoms with Crippen molar-refractivity contribution in [1.29, 1.82) is 0 Å². The first-order chi connectivity index (χ1) is 10.1. The number of benzene rings is 2. The van der Waals surface area contributed by atoms with E-state index in [0.717, 1.165) is 10.0 Å². The Kier molecular flexibility index (Phi) is 5.11. The number of anilines is 1. The second kappa shape index (κ2) is 7.04. The molecular weight excluding hydrogens is 337 g/mol. The molecule has 0 heterocycles. The molecule has 5 heteroatoms. The molecule has 0 atom stereocenters. The van der Waals surface area contributed by atoms with Gasteiger partial charge in [-0.3, -0.25) is 4.79 Å². The molecule has 2 aromatic carbocycles. The number of ether oxygens (including phenoxy) is 1. The van der Waals surface area contributed by atoms with E-state index in [1.54, 1.807) is 25.3 Å². The van der Waals surface area contributed by atoms with Crippen molar-refractivity contribution < 1.29 is 13.9 Å². The van der Waals surface area contributed by atoms with Crippen molar-refractivity contribution >= 4 is 33.6 Å². The molecule has 21 heavy (non-hydrogen) atoms. The van der Waals surface area contributed by atoms with E-state index < -0.39 is 5.82 Å². The van der Waals surface area contributed by atoms with Gasteiger partial charge in [-0.2, -0.15) is 0 Å². The van der Waals surface area contributed by atoms with Crippen LogP contribution in [0.1, 0.15) is 5.56 Å². The molecule has 0 saturated carbocycles. The zero-order valence-electron chi connectivity index (χ0n) is 11.3. The second-order valence-electron chi connectivity index (χ2n) is 4.22. The Hall–Kier alpha value is -2.14. The van der Waals surface area contributed by atoms with Gasteiger partial charge in [0.15, 0.2) is 0 Å². The van der Waals surface area contributed by atoms with Crippen molar-refractivity contribution in [2.24, 2.45) is 0 Å². The molecule has 0 aliphatic carbocycles. The van der Waals surface area contributed by atoms with Gasteiger partial charge in [0.2, 0.25) is 5.91 Å². The predicted octanol–water partition coefficient (Wildman–Crippen LogP) is 4.25. The standard InChI is InChI=1S/C16H13BrFNO2/c1-21-15-7-6-12(17)9-11(15)5-8-16(20)19-14-4-2-3-13(18)10-14/h2-10H,1H3,(H,19,20)/b8-5+. The minimum atomic E-state index is -0.398. The largest absolute Gasteiger partial charge is 0.496 e. The summed E-state index contributed by atoms with van der Waals surface area (Å²) in [5.41, 5.74) is 1.17. The minimum absolute atomic E-state index is 0.345. The number of hydrogen-bond acceptors (Lipinski definition) is 2. The molecule has 1 amide bonds. The maximum Gasteiger partial charge on any atom is 0.248 e. The molecule has 0 unspecified atom stereocenters. The molecule has 108 valence electrons. The van der Waals surface area contributed by atoms with Crippen LogP contribution in [0.25, 0.3) is 6.08 Å². The van der Waals surface area contributed by atoms with Crippen LogP contribution < -0.4 is 10.1 Å². The molecule has 3 nitrogen and oxygen atoms in total. The highest BCUT2D eigenvalue weighted by Crippen LogP contribution is 2.24. The van der Waals surface area contributed by atoms with Crippen molar-refractivity contribution in [1.82, 2.24) is 0 Å². The van der Waals surface area contributed by atoms with Crippen molar-refractivity contribution in [2.45, 2.75) is 0 Å². The number of nitrogens with one attached hydrogen (secondary N) is 1. The highest BCUT2D eigenvalue weighted by molar-refractivity contribution is 9.10. The van der Waals surface area contributed by atoms with Gasteiger partial charge in [0.05, 0.1) is 7.11 Å². The van der Waals surface area contributed by atoms with Gasteiger partial charge in [0, 0.05) is 21.8 Å². The smallest absolute Gasteiger partial charge is 0.248 e. The van der Waals surface area contributed by atoms with E-state index in [-0.39, 0.29) is 5.91 Å². The van der Waals surface area contributed by atoms with Gasteiger partial charge in [0.1, 0.15) is 11.6 Å². The van der Waals surface area contributed by atoms with Crippen LogP contribution in [-0.4, -0.2) is 13.0 Å². The third-order valence-electron chi connectivity index (χ3n) is 2.70. The van der Waals surface area contributed by atoms with Gasteiger partial charge in [-0.1, -0.05) is 22.0 Å². The molecule has 0 bridgehead atoms. The topological polar surface area (TPSA) is 38.3 Å². The predicted molar refractivity (Wildman–Crippen MR) is 84.8 cm³/mol. The first-order valence-electron chi connectivity index (χ1n) is 6.16. The quantitative estimate of drug-likeness (QED) is 0.838. The fraction of sp³-hybridized carbons (Fsp3) is 0.0625. The zero-order valence-corrected chi connectivity index (χ0v) is 12.9. The van der Waals surface area contributed by atoms with Gasteiger partial charge < -0.3 is 10.1 Å². The average molecular weight is 350 g/mol. The molecule has 0 saturated heterocycles. The number of hydrogen-bond donors (Lipinski definition) is 1. The third-order valence-corrected chi connectivity index (χ3v) is 3.19. The summed E-state index contributed by atoms with van der Waals surface area (Å²) in [5, 5.41) is 2.59. The molecule has 2 rings (SSSR count). The van der Waals surface area contributed by atoms with Gasteiger partial charge in [0.25, 0.3) is 0 Å². The Balaban J connectivity index is 2.10. The number of carbonyl (C=O) groups is 1. The second-order valence-corrected chi connectivity index (χ2v) is 5.13. The summed E-state index contributed by atoms with van der Waals surface area (Å²) in [6, 6.07) is 11.2. The number of amides is 1. The molecule has 2 aromatic rings. The van der Waals surface area contributed by atoms with Crippen molar-refractivity contribution in [3.05, 3.63) is 64.4 Å². The molecule has 0 aliphatic heterocycles. The Bertz CT molecular complexity index is 686. The fourth-order valence-corrected chi connectivity index (χ4v) is 2.13. The van der Waals surface area contributed by atoms with Crippen LogP contribution in [0, 0.1) is 5.82 Å². The van der Waals surface area contributed by atoms with E-state index in [0.29, 0.717) is 11.4 Å². The van der Waals surface area contributed by atoms with Gasteiger partial charge in [-0.15, -0.1) is 0 Å². The first-order valence-corrected chi connectivity index (χ1v) is 6.96. The number of rotatable bonds is 4. The Morgan fingerprint density at radius 1 is 1.29 bits per heavy atom. The summed E-state index contributed by atoms with van der Waals surface area (Å²) < 4.78 is 19.1. The molecule has 0 fully saturated rings. The Morgan fingerprint density at radius 3 is 2.81 bits per heavy atom. The normalized spacial score (nSPS) is 10.6. The monoisotopic (exact) mass is 349 g/mol. The van der Waals surface area contributed by atoms with Gasteiger partial charge in [-0.05, 0) is 42.5 Å². The van der Waals surface area contributed by atoms with E-state index in [1.807, 2.05) is 12.1 Å². The Labute approximate surface area is 130 Å². The van der Waals surface area contributed by atoms with Crippen molar-refractivity contribution in [2.75, 3.05) is 12.4 Å². The van der Waals surface area contributed by atoms with Crippen LogP contribution in [0.3, 0.4) is 0 Å². The number of carbonyl (C=O) groups excluding carboxylic acids is 1. The summed E-state index contributed by atoms with van der Waals surface area (Å²) in [5.74, 6) is -0.0823.